The number of nitrogens with zero attached hydrogens (tertiary/aromatic N) is 2. The molecule has 0 radical (unpaired) electrons. The highest BCUT2D eigenvalue weighted by molar-refractivity contribution is 7.99. The second-order valence-corrected chi connectivity index (χ2v) is 7.15. The minimum absolute atomic E-state index is 0.121. The summed E-state index contributed by atoms with van der Waals surface area (Å²) < 4.78 is 11.1. The van der Waals surface area contributed by atoms with Crippen LogP contribution in [-0.4, -0.2) is 21.9 Å². The van der Waals surface area contributed by atoms with Gasteiger partial charge in [-0.05, 0) is 55.7 Å². The molecule has 3 aromatic rings. The molecule has 0 spiro atoms. The summed E-state index contributed by atoms with van der Waals surface area (Å²) in [5.74, 6) is 1.18. The van der Waals surface area contributed by atoms with Crippen LogP contribution in [0.25, 0.3) is 0 Å². The summed E-state index contributed by atoms with van der Waals surface area (Å²) in [5.41, 5.74) is 4.05. The third kappa shape index (κ3) is 5.59. The number of hydrogen-bond acceptors (Lipinski definition) is 6. The van der Waals surface area contributed by atoms with Crippen LogP contribution in [0.15, 0.2) is 52.1 Å². The zero-order chi connectivity index (χ0) is 19.2. The molecule has 0 aliphatic rings. The van der Waals surface area contributed by atoms with Crippen LogP contribution < -0.4 is 10.1 Å². The number of benzene rings is 2. The molecule has 0 aliphatic carbocycles. The quantitative estimate of drug-likeness (QED) is 0.613. The van der Waals surface area contributed by atoms with Crippen molar-refractivity contribution in [3.05, 3.63) is 65.0 Å². The molecule has 2 aromatic carbocycles. The van der Waals surface area contributed by atoms with E-state index in [1.54, 1.807) is 0 Å². The Labute approximate surface area is 162 Å². The Morgan fingerprint density at radius 2 is 1.93 bits per heavy atom. The van der Waals surface area contributed by atoms with Crippen molar-refractivity contribution in [1.82, 2.24) is 10.2 Å². The largest absolute Gasteiger partial charge is 0.484 e. The molecule has 0 atom stereocenters. The molecular formula is C20H21N3O3S. The number of ether oxygens (including phenoxy) is 1. The molecule has 0 saturated carbocycles. The van der Waals surface area contributed by atoms with Crippen molar-refractivity contribution in [3.63, 3.8) is 0 Å². The van der Waals surface area contributed by atoms with E-state index in [1.807, 2.05) is 63.2 Å². The van der Waals surface area contributed by atoms with E-state index in [1.165, 1.54) is 11.8 Å². The highest BCUT2D eigenvalue weighted by Crippen LogP contribution is 2.20. The number of nitrogens with one attached hydrogen (secondary N) is 1. The molecule has 0 bridgehead atoms. The topological polar surface area (TPSA) is 77.2 Å². The first-order valence-corrected chi connectivity index (χ1v) is 9.50. The number of thioether (sulfide) groups is 1. The summed E-state index contributed by atoms with van der Waals surface area (Å²) in [4.78, 5) is 12.2. The molecule has 1 aromatic heterocycles. The normalized spacial score (nSPS) is 10.6. The Hall–Kier alpha value is -2.80. The third-order valence-electron chi connectivity index (χ3n) is 3.79. The van der Waals surface area contributed by atoms with E-state index in [0.29, 0.717) is 11.1 Å². The van der Waals surface area contributed by atoms with E-state index < -0.39 is 0 Å². The zero-order valence-corrected chi connectivity index (χ0v) is 16.3. The fourth-order valence-corrected chi connectivity index (χ4v) is 2.97. The Kier molecular flexibility index (Phi) is 6.13. The van der Waals surface area contributed by atoms with Crippen molar-refractivity contribution in [2.24, 2.45) is 0 Å². The molecule has 0 fully saturated rings. The summed E-state index contributed by atoms with van der Waals surface area (Å²) in [5, 5.41) is 11.1. The van der Waals surface area contributed by atoms with E-state index in [9.17, 15) is 4.79 Å². The summed E-state index contributed by atoms with van der Waals surface area (Å²) in [7, 11) is 0. The van der Waals surface area contributed by atoms with Gasteiger partial charge in [0.25, 0.3) is 11.1 Å². The number of carbonyl (C=O) groups excluding carboxylic acids is 1. The smallest absolute Gasteiger partial charge is 0.277 e. The molecule has 0 saturated heterocycles. The highest BCUT2D eigenvalue weighted by Gasteiger charge is 2.11. The summed E-state index contributed by atoms with van der Waals surface area (Å²) in [6, 6.07) is 13.7. The standard InChI is InChI=1S/C20H21N3O3S/c1-13-5-4-6-16(9-13)25-11-19-22-23-20(26-19)27-12-18(24)21-17-10-14(2)7-8-15(17)3/h4-10H,11-12H2,1-3H3,(H,21,24). The molecule has 3 rings (SSSR count). The Bertz CT molecular complexity index is 940. The molecule has 6 nitrogen and oxygen atoms in total. The van der Waals surface area contributed by atoms with Gasteiger partial charge in [-0.25, -0.2) is 0 Å². The van der Waals surface area contributed by atoms with Gasteiger partial charge >= 0.3 is 0 Å². The summed E-state index contributed by atoms with van der Waals surface area (Å²) in [6.45, 7) is 6.13. The molecule has 1 amide bonds. The van der Waals surface area contributed by atoms with Gasteiger partial charge in [0.15, 0.2) is 6.61 Å². The van der Waals surface area contributed by atoms with Crippen LogP contribution in [-0.2, 0) is 11.4 Å². The fourth-order valence-electron chi connectivity index (χ4n) is 2.39. The van der Waals surface area contributed by atoms with E-state index in [0.717, 1.165) is 28.1 Å². The number of amides is 1. The second kappa shape index (κ2) is 8.73. The average Bonchev–Trinajstić information content (AvgIpc) is 3.09. The van der Waals surface area contributed by atoms with Crippen molar-refractivity contribution in [2.75, 3.05) is 11.1 Å². The minimum Gasteiger partial charge on any atom is -0.484 e. The fraction of sp³-hybridized carbons (Fsp3) is 0.250. The zero-order valence-electron chi connectivity index (χ0n) is 15.5. The van der Waals surface area contributed by atoms with Gasteiger partial charge in [-0.1, -0.05) is 36.0 Å². The number of carbonyl (C=O) groups is 1. The molecule has 7 heteroatoms. The lowest BCUT2D eigenvalue weighted by atomic mass is 10.1. The van der Waals surface area contributed by atoms with Crippen molar-refractivity contribution in [1.29, 1.82) is 0 Å². The lowest BCUT2D eigenvalue weighted by Gasteiger charge is -2.08. The lowest BCUT2D eigenvalue weighted by Crippen LogP contribution is -2.14. The van der Waals surface area contributed by atoms with Crippen LogP contribution in [0.3, 0.4) is 0 Å². The van der Waals surface area contributed by atoms with Gasteiger partial charge in [-0.15, -0.1) is 10.2 Å². The van der Waals surface area contributed by atoms with Crippen molar-refractivity contribution in [3.8, 4) is 5.75 Å². The van der Waals surface area contributed by atoms with Crippen molar-refractivity contribution >= 4 is 23.4 Å². The van der Waals surface area contributed by atoms with Crippen molar-refractivity contribution in [2.45, 2.75) is 32.6 Å². The Morgan fingerprint density at radius 1 is 1.11 bits per heavy atom. The minimum atomic E-state index is -0.121. The average molecular weight is 383 g/mol. The van der Waals surface area contributed by atoms with Gasteiger partial charge in [-0.3, -0.25) is 4.79 Å². The summed E-state index contributed by atoms with van der Waals surface area (Å²) in [6.07, 6.45) is 0. The van der Waals surface area contributed by atoms with Crippen LogP contribution in [0.2, 0.25) is 0 Å². The summed E-state index contributed by atoms with van der Waals surface area (Å²) >= 11 is 1.19. The monoisotopic (exact) mass is 383 g/mol. The van der Waals surface area contributed by atoms with Crippen LogP contribution in [0, 0.1) is 20.8 Å². The van der Waals surface area contributed by atoms with Gasteiger partial charge in [0.05, 0.1) is 5.75 Å². The maximum Gasteiger partial charge on any atom is 0.277 e. The first kappa shape index (κ1) is 19.0. The Morgan fingerprint density at radius 3 is 2.74 bits per heavy atom. The number of hydrogen-bond donors (Lipinski definition) is 1. The molecule has 27 heavy (non-hydrogen) atoms. The van der Waals surface area contributed by atoms with E-state index in [-0.39, 0.29) is 18.3 Å². The van der Waals surface area contributed by atoms with Gasteiger partial charge in [0.2, 0.25) is 5.91 Å². The van der Waals surface area contributed by atoms with Gasteiger partial charge < -0.3 is 14.5 Å². The maximum absolute atomic E-state index is 12.2. The van der Waals surface area contributed by atoms with Crippen LogP contribution in [0.4, 0.5) is 5.69 Å². The first-order valence-electron chi connectivity index (χ1n) is 8.51. The van der Waals surface area contributed by atoms with Crippen LogP contribution in [0.1, 0.15) is 22.6 Å². The lowest BCUT2D eigenvalue weighted by molar-refractivity contribution is -0.113. The number of aromatic nitrogens is 2. The van der Waals surface area contributed by atoms with Gasteiger partial charge in [0.1, 0.15) is 5.75 Å². The molecule has 1 N–H and O–H groups in total. The van der Waals surface area contributed by atoms with Crippen LogP contribution in [0.5, 0.6) is 5.75 Å². The maximum atomic E-state index is 12.2. The van der Waals surface area contributed by atoms with E-state index in [4.69, 9.17) is 9.15 Å². The van der Waals surface area contributed by atoms with Crippen molar-refractivity contribution < 1.29 is 13.9 Å². The molecule has 1 heterocycles. The number of aryl methyl sites for hydroxylation is 3. The first-order chi connectivity index (χ1) is 13.0. The SMILES string of the molecule is Cc1cccc(OCc2nnc(SCC(=O)Nc3cc(C)ccc3C)o2)c1. The number of anilines is 1. The predicted molar refractivity (Wildman–Crippen MR) is 105 cm³/mol. The van der Waals surface area contributed by atoms with Gasteiger partial charge in [0, 0.05) is 5.69 Å². The molecule has 140 valence electrons. The van der Waals surface area contributed by atoms with E-state index >= 15 is 0 Å². The third-order valence-corrected chi connectivity index (χ3v) is 4.61. The Balaban J connectivity index is 1.49. The van der Waals surface area contributed by atoms with Crippen LogP contribution >= 0.6 is 11.8 Å². The van der Waals surface area contributed by atoms with E-state index in [2.05, 4.69) is 15.5 Å². The molecule has 0 unspecified atom stereocenters. The predicted octanol–water partition coefficient (Wildman–Crippen LogP) is 4.30. The second-order valence-electron chi connectivity index (χ2n) is 6.22. The molecular weight excluding hydrogens is 362 g/mol. The molecule has 0 aliphatic heterocycles. The number of rotatable bonds is 7. The highest BCUT2D eigenvalue weighted by atomic mass is 32.2. The van der Waals surface area contributed by atoms with Gasteiger partial charge in [-0.2, -0.15) is 0 Å².